The Bertz CT molecular complexity index is 885. The number of H-pyrrole nitrogens is 1. The van der Waals surface area contributed by atoms with E-state index in [1.807, 2.05) is 0 Å². The van der Waals surface area contributed by atoms with Crippen molar-refractivity contribution in [1.29, 1.82) is 0 Å². The summed E-state index contributed by atoms with van der Waals surface area (Å²) in [6.45, 7) is -3.33. The molecule has 1 aromatic carbocycles. The molecule has 3 rings (SSSR count). The van der Waals surface area contributed by atoms with Crippen molar-refractivity contribution in [2.45, 2.75) is 13.2 Å². The van der Waals surface area contributed by atoms with Crippen molar-refractivity contribution in [1.82, 2.24) is 15.2 Å². The van der Waals surface area contributed by atoms with Gasteiger partial charge in [-0.3, -0.25) is 5.10 Å². The van der Waals surface area contributed by atoms with Crippen molar-refractivity contribution in [2.24, 2.45) is 0 Å². The number of thiazole rings is 1. The molecule has 0 spiro atoms. The average Bonchev–Trinajstić information content (AvgIpc) is 3.01. The van der Waals surface area contributed by atoms with E-state index < -0.39 is 19.0 Å². The molecular formula is C12H7BrClF3N4OS. The highest BCUT2D eigenvalue weighted by Gasteiger charge is 2.23. The first-order chi connectivity index (χ1) is 10.9. The number of nitrogens with zero attached hydrogens (tertiary/aromatic N) is 2. The number of ether oxygens (including phenoxy) is 1. The molecule has 2 heterocycles. The highest BCUT2D eigenvalue weighted by molar-refractivity contribution is 9.10. The normalized spacial score (nSPS) is 11.7. The highest BCUT2D eigenvalue weighted by Crippen LogP contribution is 2.41. The van der Waals surface area contributed by atoms with Gasteiger partial charge in [-0.1, -0.05) is 22.9 Å². The van der Waals surface area contributed by atoms with Gasteiger partial charge in [-0.05, 0) is 22.0 Å². The van der Waals surface area contributed by atoms with Crippen LogP contribution >= 0.6 is 38.9 Å². The molecule has 2 aromatic heterocycles. The topological polar surface area (TPSA) is 76.8 Å². The predicted octanol–water partition coefficient (Wildman–Crippen LogP) is 4.56. The first-order valence-electron chi connectivity index (χ1n) is 6.05. The Kier molecular flexibility index (Phi) is 4.50. The molecule has 5 nitrogen and oxygen atoms in total. The maximum absolute atomic E-state index is 14.4. The van der Waals surface area contributed by atoms with E-state index in [0.29, 0.717) is 14.7 Å². The molecular weight excluding hydrogens is 421 g/mol. The zero-order chi connectivity index (χ0) is 16.7. The minimum atomic E-state index is -2.92. The molecule has 0 aliphatic carbocycles. The second kappa shape index (κ2) is 6.27. The molecule has 0 unspecified atom stereocenters. The minimum absolute atomic E-state index is 0.127. The lowest BCUT2D eigenvalue weighted by atomic mass is 10.1. The highest BCUT2D eigenvalue weighted by atomic mass is 79.9. The quantitative estimate of drug-likeness (QED) is 0.640. The number of alkyl halides is 2. The first-order valence-corrected chi connectivity index (χ1v) is 8.04. The molecule has 0 aliphatic heterocycles. The van der Waals surface area contributed by atoms with E-state index in [1.54, 1.807) is 0 Å². The van der Waals surface area contributed by atoms with Crippen LogP contribution in [0.2, 0.25) is 5.02 Å². The summed E-state index contributed by atoms with van der Waals surface area (Å²) in [5, 5.41) is 6.86. The standard InChI is InChI=1S/C12H7BrClF3N4OS/c13-7-5(2-22-11(16)17)20-21-9(7)6-4(15)1-3(14)8-10(6)23-12(18)19-8/h1,11H,2H2,(H2,18,19)(H,20,21). The van der Waals surface area contributed by atoms with Gasteiger partial charge >= 0.3 is 6.61 Å². The van der Waals surface area contributed by atoms with E-state index >= 15 is 0 Å². The van der Waals surface area contributed by atoms with E-state index in [1.165, 1.54) is 0 Å². The molecule has 0 saturated carbocycles. The number of benzene rings is 1. The largest absolute Gasteiger partial charge is 0.375 e. The number of rotatable bonds is 4. The summed E-state index contributed by atoms with van der Waals surface area (Å²) in [7, 11) is 0. The summed E-state index contributed by atoms with van der Waals surface area (Å²) in [5.41, 5.74) is 6.59. The maximum atomic E-state index is 14.4. The zero-order valence-corrected chi connectivity index (χ0v) is 14.2. The van der Waals surface area contributed by atoms with E-state index in [4.69, 9.17) is 17.3 Å². The minimum Gasteiger partial charge on any atom is -0.375 e. The fourth-order valence-corrected chi connectivity index (χ4v) is 3.69. The Morgan fingerprint density at radius 1 is 1.48 bits per heavy atom. The Labute approximate surface area is 144 Å². The van der Waals surface area contributed by atoms with Gasteiger partial charge in [0, 0.05) is 0 Å². The van der Waals surface area contributed by atoms with Crippen LogP contribution in [-0.4, -0.2) is 21.8 Å². The lowest BCUT2D eigenvalue weighted by molar-refractivity contribution is -0.138. The molecule has 23 heavy (non-hydrogen) atoms. The summed E-state index contributed by atoms with van der Waals surface area (Å²) < 4.78 is 43.6. The number of halogens is 5. The van der Waals surface area contributed by atoms with Crippen LogP contribution in [0.1, 0.15) is 5.69 Å². The van der Waals surface area contributed by atoms with Gasteiger partial charge in [0.15, 0.2) is 5.13 Å². The number of nitrogens with two attached hydrogens (primary N) is 1. The molecule has 0 bridgehead atoms. The van der Waals surface area contributed by atoms with Crippen LogP contribution in [0.25, 0.3) is 21.5 Å². The van der Waals surface area contributed by atoms with E-state index in [0.717, 1.165) is 17.4 Å². The number of aromatic amines is 1. The van der Waals surface area contributed by atoms with Gasteiger partial charge < -0.3 is 10.5 Å². The number of hydrogen-bond acceptors (Lipinski definition) is 5. The van der Waals surface area contributed by atoms with Crippen LogP contribution in [0.15, 0.2) is 10.5 Å². The van der Waals surface area contributed by atoms with Crippen LogP contribution in [0, 0.1) is 5.82 Å². The van der Waals surface area contributed by atoms with Crippen molar-refractivity contribution in [3.63, 3.8) is 0 Å². The van der Waals surface area contributed by atoms with Gasteiger partial charge in [-0.15, -0.1) is 0 Å². The number of nitrogens with one attached hydrogen (secondary N) is 1. The van der Waals surface area contributed by atoms with Gasteiger partial charge in [-0.25, -0.2) is 9.37 Å². The molecule has 122 valence electrons. The number of fused-ring (bicyclic) bond motifs is 1. The van der Waals surface area contributed by atoms with Gasteiger partial charge in [0.1, 0.15) is 17.0 Å². The van der Waals surface area contributed by atoms with E-state index in [-0.39, 0.29) is 27.1 Å². The van der Waals surface area contributed by atoms with Gasteiger partial charge in [0.2, 0.25) is 0 Å². The summed E-state index contributed by atoms with van der Waals surface area (Å²) in [6, 6.07) is 1.11. The maximum Gasteiger partial charge on any atom is 0.345 e. The Hall–Kier alpha value is -1.36. The van der Waals surface area contributed by atoms with Crippen molar-refractivity contribution in [3.8, 4) is 11.3 Å². The molecule has 0 amide bonds. The van der Waals surface area contributed by atoms with Gasteiger partial charge in [-0.2, -0.15) is 13.9 Å². The fourth-order valence-electron chi connectivity index (χ4n) is 2.02. The lowest BCUT2D eigenvalue weighted by Crippen LogP contribution is -1.99. The molecule has 3 N–H and O–H groups in total. The summed E-state index contributed by atoms with van der Waals surface area (Å²) in [5.74, 6) is -0.625. The molecule has 3 aromatic rings. The Morgan fingerprint density at radius 2 is 2.22 bits per heavy atom. The van der Waals surface area contributed by atoms with Gasteiger partial charge in [0.25, 0.3) is 0 Å². The summed E-state index contributed by atoms with van der Waals surface area (Å²) >= 11 is 10.2. The Balaban J connectivity index is 2.14. The molecule has 0 radical (unpaired) electrons. The molecule has 0 saturated heterocycles. The molecule has 0 fully saturated rings. The molecule has 11 heteroatoms. The fraction of sp³-hybridized carbons (Fsp3) is 0.167. The first kappa shape index (κ1) is 16.5. The second-order valence-electron chi connectivity index (χ2n) is 4.38. The van der Waals surface area contributed by atoms with Gasteiger partial charge in [0.05, 0.1) is 32.1 Å². The lowest BCUT2D eigenvalue weighted by Gasteiger charge is -2.04. The third-order valence-corrected chi connectivity index (χ3v) is 5.00. The van der Waals surface area contributed by atoms with Crippen molar-refractivity contribution < 1.29 is 17.9 Å². The molecule has 0 aliphatic rings. The summed E-state index contributed by atoms with van der Waals surface area (Å²) in [4.78, 5) is 4.06. The second-order valence-corrected chi connectivity index (χ2v) is 6.61. The summed E-state index contributed by atoms with van der Waals surface area (Å²) in [6.07, 6.45) is 0. The number of hydrogen-bond donors (Lipinski definition) is 2. The monoisotopic (exact) mass is 426 g/mol. The smallest absolute Gasteiger partial charge is 0.345 e. The predicted molar refractivity (Wildman–Crippen MR) is 85.1 cm³/mol. The third kappa shape index (κ3) is 3.03. The Morgan fingerprint density at radius 3 is 2.91 bits per heavy atom. The average molecular weight is 428 g/mol. The SMILES string of the molecule is Nc1nc2c(Cl)cc(F)c(-c3n[nH]c(COC(F)F)c3Br)c2s1. The number of anilines is 1. The van der Waals surface area contributed by atoms with Crippen LogP contribution in [0.3, 0.4) is 0 Å². The van der Waals surface area contributed by atoms with Crippen molar-refractivity contribution in [2.75, 3.05) is 5.73 Å². The molecule has 0 atom stereocenters. The number of nitrogen functional groups attached to an aromatic ring is 1. The van der Waals surface area contributed by atoms with Crippen LogP contribution < -0.4 is 5.73 Å². The zero-order valence-electron chi connectivity index (χ0n) is 11.0. The third-order valence-electron chi connectivity index (χ3n) is 2.96. The van der Waals surface area contributed by atoms with Crippen LogP contribution in [0.5, 0.6) is 0 Å². The van der Waals surface area contributed by atoms with Crippen molar-refractivity contribution in [3.05, 3.63) is 27.1 Å². The van der Waals surface area contributed by atoms with Crippen LogP contribution in [0.4, 0.5) is 18.3 Å². The van der Waals surface area contributed by atoms with E-state index in [2.05, 4.69) is 35.8 Å². The number of aromatic nitrogens is 3. The van der Waals surface area contributed by atoms with E-state index in [9.17, 15) is 13.2 Å². The van der Waals surface area contributed by atoms with Crippen LogP contribution in [-0.2, 0) is 11.3 Å². The van der Waals surface area contributed by atoms with Crippen molar-refractivity contribution >= 4 is 54.2 Å².